The van der Waals surface area contributed by atoms with Crippen molar-refractivity contribution < 1.29 is 19.0 Å². The highest BCUT2D eigenvalue weighted by Gasteiger charge is 2.35. The zero-order valence-electron chi connectivity index (χ0n) is 19.5. The minimum absolute atomic E-state index is 0.244. The van der Waals surface area contributed by atoms with Crippen LogP contribution in [0, 0.1) is 13.8 Å². The first kappa shape index (κ1) is 22.2. The molecule has 4 rings (SSSR count). The molecule has 33 heavy (non-hydrogen) atoms. The van der Waals surface area contributed by atoms with Crippen LogP contribution in [0.25, 0.3) is 0 Å². The van der Waals surface area contributed by atoms with Gasteiger partial charge in [0.2, 0.25) is 11.7 Å². The van der Waals surface area contributed by atoms with Crippen LogP contribution in [-0.2, 0) is 4.79 Å². The standard InChI is InChI=1S/C24H27N5O4/c1-13-7-8-17(14(2)9-13)28-23(30)20-15(3)27-24-25-12-26-29(24)21(20)16-10-18(31-4)22(33-6)19(11-16)32-5/h7-12,21H,1-6H3,(H,28,30)(H,25,26,27). The molecule has 172 valence electrons. The second-order valence-electron chi connectivity index (χ2n) is 7.83. The Morgan fingerprint density at radius 1 is 1.03 bits per heavy atom. The number of amides is 1. The number of ether oxygens (including phenoxy) is 3. The summed E-state index contributed by atoms with van der Waals surface area (Å²) in [5, 5.41) is 10.6. The highest BCUT2D eigenvalue weighted by Crippen LogP contribution is 2.43. The average molecular weight is 450 g/mol. The van der Waals surface area contributed by atoms with Crippen LogP contribution in [0.3, 0.4) is 0 Å². The van der Waals surface area contributed by atoms with Gasteiger partial charge in [0, 0.05) is 11.4 Å². The molecule has 2 aromatic carbocycles. The number of fused-ring (bicyclic) bond motifs is 1. The van der Waals surface area contributed by atoms with Gasteiger partial charge in [-0.2, -0.15) is 10.1 Å². The molecular weight excluding hydrogens is 422 g/mol. The van der Waals surface area contributed by atoms with Crippen LogP contribution in [0.5, 0.6) is 17.2 Å². The molecule has 0 spiro atoms. The fraction of sp³-hybridized carbons (Fsp3) is 0.292. The van der Waals surface area contributed by atoms with Crippen LogP contribution in [-0.4, -0.2) is 42.0 Å². The number of nitrogens with one attached hydrogen (secondary N) is 2. The van der Waals surface area contributed by atoms with Crippen molar-refractivity contribution in [3.63, 3.8) is 0 Å². The van der Waals surface area contributed by atoms with Crippen LogP contribution < -0.4 is 24.8 Å². The van der Waals surface area contributed by atoms with Crippen molar-refractivity contribution in [3.8, 4) is 17.2 Å². The molecule has 2 N–H and O–H groups in total. The fourth-order valence-corrected chi connectivity index (χ4v) is 4.10. The second kappa shape index (κ2) is 8.85. The zero-order valence-corrected chi connectivity index (χ0v) is 19.5. The van der Waals surface area contributed by atoms with E-state index in [0.717, 1.165) is 22.4 Å². The molecule has 0 fully saturated rings. The van der Waals surface area contributed by atoms with Gasteiger partial charge >= 0.3 is 0 Å². The van der Waals surface area contributed by atoms with Crippen molar-refractivity contribution in [1.29, 1.82) is 0 Å². The Hall–Kier alpha value is -4.01. The van der Waals surface area contributed by atoms with Gasteiger partial charge in [-0.1, -0.05) is 17.7 Å². The third kappa shape index (κ3) is 3.97. The summed E-state index contributed by atoms with van der Waals surface area (Å²) in [5.74, 6) is 1.73. The van der Waals surface area contributed by atoms with E-state index >= 15 is 0 Å². The molecule has 0 saturated heterocycles. The van der Waals surface area contributed by atoms with E-state index in [4.69, 9.17) is 14.2 Å². The molecule has 3 aromatic rings. The van der Waals surface area contributed by atoms with Crippen LogP contribution >= 0.6 is 0 Å². The summed E-state index contributed by atoms with van der Waals surface area (Å²) in [6.45, 7) is 5.83. The molecule has 1 aliphatic heterocycles. The van der Waals surface area contributed by atoms with Gasteiger partial charge < -0.3 is 24.8 Å². The van der Waals surface area contributed by atoms with Gasteiger partial charge in [-0.05, 0) is 50.1 Å². The Morgan fingerprint density at radius 2 is 1.73 bits per heavy atom. The van der Waals surface area contributed by atoms with E-state index < -0.39 is 6.04 Å². The third-order valence-electron chi connectivity index (χ3n) is 5.67. The normalized spacial score (nSPS) is 14.9. The predicted molar refractivity (Wildman–Crippen MR) is 125 cm³/mol. The van der Waals surface area contributed by atoms with Gasteiger partial charge in [-0.25, -0.2) is 4.68 Å². The highest BCUT2D eigenvalue weighted by molar-refractivity contribution is 6.06. The zero-order chi connectivity index (χ0) is 23.7. The SMILES string of the molecule is COc1cc(C2C(C(=O)Nc3ccc(C)cc3C)=C(C)Nc3ncnn32)cc(OC)c1OC. The predicted octanol–water partition coefficient (Wildman–Crippen LogP) is 3.85. The Kier molecular flexibility index (Phi) is 5.95. The molecule has 1 unspecified atom stereocenters. The maximum atomic E-state index is 13.6. The van der Waals surface area contributed by atoms with E-state index in [2.05, 4.69) is 20.7 Å². The first-order chi connectivity index (χ1) is 15.9. The van der Waals surface area contributed by atoms with E-state index in [1.807, 2.05) is 51.1 Å². The maximum Gasteiger partial charge on any atom is 0.255 e. The van der Waals surface area contributed by atoms with Crippen LogP contribution in [0.2, 0.25) is 0 Å². The largest absolute Gasteiger partial charge is 0.493 e. The molecule has 1 amide bonds. The molecule has 1 aliphatic rings. The van der Waals surface area contributed by atoms with Gasteiger partial charge in [0.15, 0.2) is 11.5 Å². The molecule has 2 heterocycles. The van der Waals surface area contributed by atoms with Gasteiger partial charge in [-0.3, -0.25) is 4.79 Å². The Labute approximate surface area is 192 Å². The summed E-state index contributed by atoms with van der Waals surface area (Å²) >= 11 is 0. The van der Waals surface area contributed by atoms with Crippen LogP contribution in [0.15, 0.2) is 47.9 Å². The van der Waals surface area contributed by atoms with Gasteiger partial charge in [0.1, 0.15) is 12.4 Å². The molecular formula is C24H27N5O4. The number of anilines is 2. The number of methoxy groups -OCH3 is 3. The lowest BCUT2D eigenvalue weighted by Gasteiger charge is -2.29. The van der Waals surface area contributed by atoms with Crippen LogP contribution in [0.1, 0.15) is 29.7 Å². The smallest absolute Gasteiger partial charge is 0.255 e. The van der Waals surface area contributed by atoms with Crippen molar-refractivity contribution in [2.24, 2.45) is 0 Å². The van der Waals surface area contributed by atoms with E-state index in [1.165, 1.54) is 6.33 Å². The van der Waals surface area contributed by atoms with Gasteiger partial charge in [-0.15, -0.1) is 0 Å². The summed E-state index contributed by atoms with van der Waals surface area (Å²) < 4.78 is 18.2. The third-order valence-corrected chi connectivity index (χ3v) is 5.67. The van der Waals surface area contributed by atoms with Crippen molar-refractivity contribution in [2.75, 3.05) is 32.0 Å². The van der Waals surface area contributed by atoms with Crippen molar-refractivity contribution in [1.82, 2.24) is 14.8 Å². The number of aryl methyl sites for hydroxylation is 2. The monoisotopic (exact) mass is 449 g/mol. The molecule has 1 aromatic heterocycles. The summed E-state index contributed by atoms with van der Waals surface area (Å²) in [4.78, 5) is 17.9. The van der Waals surface area contributed by atoms with Crippen molar-refractivity contribution >= 4 is 17.5 Å². The summed E-state index contributed by atoms with van der Waals surface area (Å²) in [6.07, 6.45) is 1.45. The van der Waals surface area contributed by atoms with Crippen molar-refractivity contribution in [2.45, 2.75) is 26.8 Å². The van der Waals surface area contributed by atoms with E-state index in [0.29, 0.717) is 34.5 Å². The minimum atomic E-state index is -0.566. The quantitative estimate of drug-likeness (QED) is 0.590. The fourth-order valence-electron chi connectivity index (χ4n) is 4.10. The Balaban J connectivity index is 1.83. The number of carbonyl (C=O) groups excluding carboxylic acids is 1. The van der Waals surface area contributed by atoms with Gasteiger partial charge in [0.05, 0.1) is 26.9 Å². The van der Waals surface area contributed by atoms with Crippen LogP contribution in [0.4, 0.5) is 11.6 Å². The highest BCUT2D eigenvalue weighted by atomic mass is 16.5. The second-order valence-corrected chi connectivity index (χ2v) is 7.83. The lowest BCUT2D eigenvalue weighted by atomic mass is 9.94. The number of aromatic nitrogens is 3. The number of allylic oxidation sites excluding steroid dienone is 1. The average Bonchev–Trinajstić information content (AvgIpc) is 3.26. The number of hydrogen-bond donors (Lipinski definition) is 2. The van der Waals surface area contributed by atoms with E-state index in [1.54, 1.807) is 26.0 Å². The lowest BCUT2D eigenvalue weighted by molar-refractivity contribution is -0.113. The summed E-state index contributed by atoms with van der Waals surface area (Å²) in [7, 11) is 4.66. The lowest BCUT2D eigenvalue weighted by Crippen LogP contribution is -2.31. The first-order valence-electron chi connectivity index (χ1n) is 10.4. The number of carbonyl (C=O) groups is 1. The van der Waals surface area contributed by atoms with E-state index in [9.17, 15) is 4.79 Å². The molecule has 1 atom stereocenters. The number of hydrogen-bond acceptors (Lipinski definition) is 7. The number of nitrogens with zero attached hydrogens (tertiary/aromatic N) is 3. The molecule has 0 bridgehead atoms. The summed E-state index contributed by atoms with van der Waals surface area (Å²) in [6, 6.07) is 8.98. The minimum Gasteiger partial charge on any atom is -0.493 e. The van der Waals surface area contributed by atoms with Gasteiger partial charge in [0.25, 0.3) is 5.91 Å². The molecule has 9 nitrogen and oxygen atoms in total. The molecule has 9 heteroatoms. The first-order valence-corrected chi connectivity index (χ1v) is 10.4. The topological polar surface area (TPSA) is 99.5 Å². The molecule has 0 radical (unpaired) electrons. The summed E-state index contributed by atoms with van der Waals surface area (Å²) in [5.41, 5.74) is 4.78. The number of rotatable bonds is 6. The Morgan fingerprint density at radius 3 is 2.33 bits per heavy atom. The number of benzene rings is 2. The van der Waals surface area contributed by atoms with E-state index in [-0.39, 0.29) is 5.91 Å². The molecule has 0 saturated carbocycles. The molecule has 0 aliphatic carbocycles. The Bertz CT molecular complexity index is 1220. The van der Waals surface area contributed by atoms with Crippen molar-refractivity contribution in [3.05, 3.63) is 64.6 Å². The maximum absolute atomic E-state index is 13.6.